The largest absolute Gasteiger partial charge is 0.369 e. The number of benzene rings is 1. The zero-order valence-corrected chi connectivity index (χ0v) is 13.6. The van der Waals surface area contributed by atoms with Crippen molar-refractivity contribution in [1.82, 2.24) is 10.2 Å². The Morgan fingerprint density at radius 1 is 1.19 bits per heavy atom. The van der Waals surface area contributed by atoms with Gasteiger partial charge in [0.1, 0.15) is 0 Å². The maximum absolute atomic E-state index is 6.10. The second kappa shape index (κ2) is 6.99. The van der Waals surface area contributed by atoms with Crippen LogP contribution in [0, 0.1) is 5.92 Å². The topological polar surface area (TPSA) is 18.5 Å². The molecule has 1 heterocycles. The minimum absolute atomic E-state index is 0.811. The highest BCUT2D eigenvalue weighted by molar-refractivity contribution is 6.30. The lowest BCUT2D eigenvalue weighted by molar-refractivity contribution is 0.0575. The van der Waals surface area contributed by atoms with Crippen molar-refractivity contribution in [3.8, 4) is 0 Å². The standard InChI is InChI=1S/C17H26ClN3/c1-2-19-13-14-6-7-17(14)21-10-8-20(9-11-21)16-5-3-4-15(18)12-16/h3-5,12,14,17,19H,2,6-11,13H2,1H3. The van der Waals surface area contributed by atoms with E-state index in [1.165, 1.54) is 38.2 Å². The van der Waals surface area contributed by atoms with Gasteiger partial charge in [0.25, 0.3) is 0 Å². The Hall–Kier alpha value is -0.770. The van der Waals surface area contributed by atoms with Gasteiger partial charge in [-0.25, -0.2) is 0 Å². The van der Waals surface area contributed by atoms with Crippen molar-refractivity contribution in [3.05, 3.63) is 29.3 Å². The fourth-order valence-electron chi connectivity index (χ4n) is 3.58. The molecule has 1 saturated carbocycles. The Morgan fingerprint density at radius 3 is 2.62 bits per heavy atom. The summed E-state index contributed by atoms with van der Waals surface area (Å²) in [5, 5.41) is 4.34. The first-order chi connectivity index (χ1) is 10.3. The lowest BCUT2D eigenvalue weighted by Gasteiger charge is -2.48. The minimum Gasteiger partial charge on any atom is -0.369 e. The summed E-state index contributed by atoms with van der Waals surface area (Å²) >= 11 is 6.10. The van der Waals surface area contributed by atoms with Crippen LogP contribution in [0.4, 0.5) is 5.69 Å². The molecule has 0 radical (unpaired) electrons. The summed E-state index contributed by atoms with van der Waals surface area (Å²) in [6, 6.07) is 9.04. The van der Waals surface area contributed by atoms with E-state index in [0.717, 1.165) is 36.6 Å². The zero-order valence-electron chi connectivity index (χ0n) is 12.9. The predicted octanol–water partition coefficient (Wildman–Crippen LogP) is 2.85. The van der Waals surface area contributed by atoms with E-state index in [0.29, 0.717) is 0 Å². The van der Waals surface area contributed by atoms with Crippen LogP contribution in [-0.4, -0.2) is 50.2 Å². The molecule has 21 heavy (non-hydrogen) atoms. The van der Waals surface area contributed by atoms with Gasteiger partial charge >= 0.3 is 0 Å². The molecular formula is C17H26ClN3. The maximum Gasteiger partial charge on any atom is 0.0426 e. The van der Waals surface area contributed by atoms with Crippen LogP contribution < -0.4 is 10.2 Å². The molecule has 2 atom stereocenters. The molecule has 0 amide bonds. The number of hydrogen-bond donors (Lipinski definition) is 1. The van der Waals surface area contributed by atoms with E-state index in [9.17, 15) is 0 Å². The van der Waals surface area contributed by atoms with Crippen LogP contribution >= 0.6 is 11.6 Å². The summed E-state index contributed by atoms with van der Waals surface area (Å²) in [6.07, 6.45) is 2.78. The molecule has 4 heteroatoms. The molecule has 1 saturated heterocycles. The van der Waals surface area contributed by atoms with Crippen molar-refractivity contribution in [3.63, 3.8) is 0 Å². The van der Waals surface area contributed by atoms with Gasteiger partial charge in [-0.2, -0.15) is 0 Å². The van der Waals surface area contributed by atoms with Gasteiger partial charge in [-0.3, -0.25) is 4.90 Å². The number of nitrogens with zero attached hydrogens (tertiary/aromatic N) is 2. The number of halogens is 1. The van der Waals surface area contributed by atoms with E-state index >= 15 is 0 Å². The van der Waals surface area contributed by atoms with Crippen molar-refractivity contribution in [2.24, 2.45) is 5.92 Å². The fourth-order valence-corrected chi connectivity index (χ4v) is 3.77. The fraction of sp³-hybridized carbons (Fsp3) is 0.647. The van der Waals surface area contributed by atoms with E-state index in [1.54, 1.807) is 0 Å². The Morgan fingerprint density at radius 2 is 2.00 bits per heavy atom. The van der Waals surface area contributed by atoms with Crippen LogP contribution in [0.1, 0.15) is 19.8 Å². The van der Waals surface area contributed by atoms with E-state index < -0.39 is 0 Å². The molecule has 1 aliphatic heterocycles. The first-order valence-electron chi connectivity index (χ1n) is 8.23. The van der Waals surface area contributed by atoms with Gasteiger partial charge in [-0.15, -0.1) is 0 Å². The van der Waals surface area contributed by atoms with Crippen molar-refractivity contribution in [2.45, 2.75) is 25.8 Å². The molecule has 116 valence electrons. The van der Waals surface area contributed by atoms with Gasteiger partial charge in [-0.1, -0.05) is 24.6 Å². The highest BCUT2D eigenvalue weighted by Gasteiger charge is 2.36. The number of piperazine rings is 1. The number of hydrogen-bond acceptors (Lipinski definition) is 3. The summed E-state index contributed by atoms with van der Waals surface area (Å²) in [5.74, 6) is 0.864. The molecule has 1 aromatic carbocycles. The van der Waals surface area contributed by atoms with Gasteiger partial charge < -0.3 is 10.2 Å². The van der Waals surface area contributed by atoms with Gasteiger partial charge in [0.15, 0.2) is 0 Å². The van der Waals surface area contributed by atoms with Crippen molar-refractivity contribution in [2.75, 3.05) is 44.2 Å². The normalized spacial score (nSPS) is 26.7. The first-order valence-corrected chi connectivity index (χ1v) is 8.61. The van der Waals surface area contributed by atoms with Crippen LogP contribution in [-0.2, 0) is 0 Å². The third kappa shape index (κ3) is 3.53. The van der Waals surface area contributed by atoms with E-state index in [1.807, 2.05) is 12.1 Å². The Balaban J connectivity index is 1.51. The molecular weight excluding hydrogens is 282 g/mol. The van der Waals surface area contributed by atoms with Crippen LogP contribution in [0.2, 0.25) is 5.02 Å². The number of rotatable bonds is 5. The van der Waals surface area contributed by atoms with E-state index in [2.05, 4.69) is 34.2 Å². The van der Waals surface area contributed by atoms with Crippen molar-refractivity contribution in [1.29, 1.82) is 0 Å². The second-order valence-corrected chi connectivity index (χ2v) is 6.65. The SMILES string of the molecule is CCNCC1CCC1N1CCN(c2cccc(Cl)c2)CC1. The van der Waals surface area contributed by atoms with Gasteiger partial charge in [0.2, 0.25) is 0 Å². The quantitative estimate of drug-likeness (QED) is 0.902. The third-order valence-corrected chi connectivity index (χ3v) is 5.23. The molecule has 2 aliphatic rings. The Labute approximate surface area is 133 Å². The van der Waals surface area contributed by atoms with Crippen LogP contribution in [0.15, 0.2) is 24.3 Å². The molecule has 0 spiro atoms. The van der Waals surface area contributed by atoms with Crippen molar-refractivity contribution >= 4 is 17.3 Å². The number of nitrogens with one attached hydrogen (secondary N) is 1. The van der Waals surface area contributed by atoms with E-state index in [-0.39, 0.29) is 0 Å². The molecule has 0 bridgehead atoms. The average molecular weight is 308 g/mol. The Bertz CT molecular complexity index is 457. The maximum atomic E-state index is 6.10. The third-order valence-electron chi connectivity index (χ3n) is 4.99. The molecule has 2 fully saturated rings. The van der Waals surface area contributed by atoms with Crippen LogP contribution in [0.3, 0.4) is 0 Å². The minimum atomic E-state index is 0.811. The first kappa shape index (κ1) is 15.1. The van der Waals surface area contributed by atoms with Gasteiger partial charge in [0.05, 0.1) is 0 Å². The summed E-state index contributed by atoms with van der Waals surface area (Å²) in [7, 11) is 0. The molecule has 0 aromatic heterocycles. The summed E-state index contributed by atoms with van der Waals surface area (Å²) in [5.41, 5.74) is 1.26. The second-order valence-electron chi connectivity index (χ2n) is 6.22. The Kier molecular flexibility index (Phi) is 5.04. The zero-order chi connectivity index (χ0) is 14.7. The highest BCUT2D eigenvalue weighted by Crippen LogP contribution is 2.32. The van der Waals surface area contributed by atoms with Gasteiger partial charge in [-0.05, 0) is 50.0 Å². The van der Waals surface area contributed by atoms with Crippen LogP contribution in [0.5, 0.6) is 0 Å². The summed E-state index contributed by atoms with van der Waals surface area (Å²) in [4.78, 5) is 5.16. The highest BCUT2D eigenvalue weighted by atomic mass is 35.5. The van der Waals surface area contributed by atoms with Crippen molar-refractivity contribution < 1.29 is 0 Å². The smallest absolute Gasteiger partial charge is 0.0426 e. The van der Waals surface area contributed by atoms with Crippen LogP contribution in [0.25, 0.3) is 0 Å². The molecule has 3 rings (SSSR count). The van der Waals surface area contributed by atoms with Gasteiger partial charge in [0, 0.05) is 42.9 Å². The summed E-state index contributed by atoms with van der Waals surface area (Å²) in [6.45, 7) is 9.06. The predicted molar refractivity (Wildman–Crippen MR) is 90.3 cm³/mol. The molecule has 3 nitrogen and oxygen atoms in total. The lowest BCUT2D eigenvalue weighted by atomic mass is 9.78. The summed E-state index contributed by atoms with van der Waals surface area (Å²) < 4.78 is 0. The van der Waals surface area contributed by atoms with E-state index in [4.69, 9.17) is 11.6 Å². The molecule has 2 unspecified atom stereocenters. The number of anilines is 1. The molecule has 1 N–H and O–H groups in total. The lowest BCUT2D eigenvalue weighted by Crippen LogP contribution is -2.57. The average Bonchev–Trinajstić information content (AvgIpc) is 2.47. The molecule has 1 aromatic rings. The molecule has 1 aliphatic carbocycles. The monoisotopic (exact) mass is 307 g/mol.